The van der Waals surface area contributed by atoms with E-state index in [9.17, 15) is 14.0 Å². The Bertz CT molecular complexity index is 486. The summed E-state index contributed by atoms with van der Waals surface area (Å²) < 4.78 is 12.8. The Morgan fingerprint density at radius 2 is 1.79 bits per heavy atom. The first-order chi connectivity index (χ1) is 8.99. The summed E-state index contributed by atoms with van der Waals surface area (Å²) in [6, 6.07) is 5.68. The Labute approximate surface area is 110 Å². The fraction of sp³-hybridized carbons (Fsp3) is 0.429. The predicted molar refractivity (Wildman–Crippen MR) is 68.3 cm³/mol. The van der Waals surface area contributed by atoms with Crippen LogP contribution in [0.15, 0.2) is 24.3 Å². The molecule has 0 radical (unpaired) electrons. The molecule has 1 fully saturated rings. The van der Waals surface area contributed by atoms with Crippen LogP contribution < -0.4 is 4.90 Å². The van der Waals surface area contributed by atoms with Crippen molar-refractivity contribution in [2.75, 3.05) is 11.9 Å². The van der Waals surface area contributed by atoms with Gasteiger partial charge in [0.2, 0.25) is 5.91 Å². The molecule has 1 aromatic carbocycles. The first-order valence-corrected chi connectivity index (χ1v) is 6.25. The summed E-state index contributed by atoms with van der Waals surface area (Å²) in [4.78, 5) is 24.6. The predicted octanol–water partition coefficient (Wildman–Crippen LogP) is 2.29. The molecule has 1 aliphatic rings. The summed E-state index contributed by atoms with van der Waals surface area (Å²) in [5.41, 5.74) is 0.616. The number of carbonyl (C=O) groups excluding carboxylic acids is 1. The van der Waals surface area contributed by atoms with Crippen LogP contribution in [0.2, 0.25) is 0 Å². The van der Waals surface area contributed by atoms with Crippen LogP contribution in [0.4, 0.5) is 10.1 Å². The summed E-state index contributed by atoms with van der Waals surface area (Å²) >= 11 is 0. The van der Waals surface area contributed by atoms with Gasteiger partial charge in [0, 0.05) is 18.7 Å². The normalized spacial score (nSPS) is 22.2. The Morgan fingerprint density at radius 3 is 2.32 bits per heavy atom. The number of benzene rings is 1. The lowest BCUT2D eigenvalue weighted by molar-refractivity contribution is -0.141. The van der Waals surface area contributed by atoms with E-state index in [1.807, 2.05) is 0 Å². The molecule has 0 aliphatic heterocycles. The lowest BCUT2D eigenvalue weighted by Crippen LogP contribution is -2.32. The molecule has 1 saturated carbocycles. The number of hydrogen-bond donors (Lipinski definition) is 1. The van der Waals surface area contributed by atoms with Crippen LogP contribution in [0.3, 0.4) is 0 Å². The minimum atomic E-state index is -0.834. The average Bonchev–Trinajstić information content (AvgIpc) is 2.87. The maximum absolute atomic E-state index is 12.8. The summed E-state index contributed by atoms with van der Waals surface area (Å²) in [6.07, 6.45) is 1.53. The van der Waals surface area contributed by atoms with Crippen LogP contribution in [0.25, 0.3) is 0 Å². The Balaban J connectivity index is 2.04. The smallest absolute Gasteiger partial charge is 0.306 e. The van der Waals surface area contributed by atoms with Crippen LogP contribution in [0, 0.1) is 17.7 Å². The van der Waals surface area contributed by atoms with E-state index in [0.717, 1.165) is 0 Å². The zero-order valence-electron chi connectivity index (χ0n) is 10.7. The van der Waals surface area contributed by atoms with Crippen LogP contribution in [-0.4, -0.2) is 24.0 Å². The van der Waals surface area contributed by atoms with Gasteiger partial charge >= 0.3 is 5.97 Å². The third-order valence-corrected chi connectivity index (χ3v) is 3.68. The Hall–Kier alpha value is -1.91. The molecule has 1 amide bonds. The first kappa shape index (κ1) is 13.5. The maximum atomic E-state index is 12.8. The van der Waals surface area contributed by atoms with E-state index in [0.29, 0.717) is 24.9 Å². The fourth-order valence-corrected chi connectivity index (χ4v) is 2.50. The molecule has 0 spiro atoms. The maximum Gasteiger partial charge on any atom is 0.306 e. The van der Waals surface area contributed by atoms with Crippen LogP contribution in [0.1, 0.15) is 19.3 Å². The van der Waals surface area contributed by atoms with Crippen LogP contribution >= 0.6 is 0 Å². The van der Waals surface area contributed by atoms with Crippen molar-refractivity contribution in [3.8, 4) is 0 Å². The third-order valence-electron chi connectivity index (χ3n) is 3.68. The molecular weight excluding hydrogens is 249 g/mol. The number of carboxylic acids is 1. The van der Waals surface area contributed by atoms with Gasteiger partial charge in [0.15, 0.2) is 0 Å². The molecule has 1 N–H and O–H groups in total. The largest absolute Gasteiger partial charge is 0.481 e. The summed E-state index contributed by atoms with van der Waals surface area (Å²) in [5, 5.41) is 8.93. The lowest BCUT2D eigenvalue weighted by atomic mass is 10.0. The second-order valence-corrected chi connectivity index (χ2v) is 4.92. The second-order valence-electron chi connectivity index (χ2n) is 4.92. The van der Waals surface area contributed by atoms with Crippen molar-refractivity contribution in [2.45, 2.75) is 19.3 Å². The molecule has 5 heteroatoms. The minimum absolute atomic E-state index is 0.102. The van der Waals surface area contributed by atoms with E-state index < -0.39 is 11.9 Å². The number of halogens is 1. The van der Waals surface area contributed by atoms with Crippen molar-refractivity contribution in [2.24, 2.45) is 11.8 Å². The van der Waals surface area contributed by atoms with Crippen LogP contribution in [0.5, 0.6) is 0 Å². The van der Waals surface area contributed by atoms with Crippen LogP contribution in [-0.2, 0) is 9.59 Å². The van der Waals surface area contributed by atoms with Crippen molar-refractivity contribution in [1.82, 2.24) is 0 Å². The molecule has 1 aromatic rings. The number of hydrogen-bond acceptors (Lipinski definition) is 2. The van der Waals surface area contributed by atoms with Gasteiger partial charge in [-0.1, -0.05) is 0 Å². The molecule has 0 aromatic heterocycles. The van der Waals surface area contributed by atoms with Gasteiger partial charge in [-0.2, -0.15) is 0 Å². The third kappa shape index (κ3) is 2.92. The zero-order valence-corrected chi connectivity index (χ0v) is 10.7. The summed E-state index contributed by atoms with van der Waals surface area (Å²) in [5.74, 6) is -1.96. The fourth-order valence-electron chi connectivity index (χ4n) is 2.50. The van der Waals surface area contributed by atoms with Gasteiger partial charge in [-0.25, -0.2) is 4.39 Å². The number of nitrogens with zero attached hydrogens (tertiary/aromatic N) is 1. The molecule has 0 saturated heterocycles. The Kier molecular flexibility index (Phi) is 3.83. The van der Waals surface area contributed by atoms with E-state index in [4.69, 9.17) is 5.11 Å². The molecule has 2 atom stereocenters. The molecule has 102 valence electrons. The van der Waals surface area contributed by atoms with Gasteiger partial charge in [0.25, 0.3) is 0 Å². The Morgan fingerprint density at radius 1 is 1.21 bits per heavy atom. The van der Waals surface area contributed by atoms with E-state index in [1.54, 1.807) is 7.05 Å². The molecule has 0 heterocycles. The van der Waals surface area contributed by atoms with Gasteiger partial charge < -0.3 is 10.0 Å². The lowest BCUT2D eigenvalue weighted by Gasteiger charge is -2.21. The monoisotopic (exact) mass is 265 g/mol. The van der Waals surface area contributed by atoms with E-state index in [1.165, 1.54) is 29.2 Å². The van der Waals surface area contributed by atoms with Gasteiger partial charge in [-0.05, 0) is 43.5 Å². The average molecular weight is 265 g/mol. The van der Waals surface area contributed by atoms with E-state index in [2.05, 4.69) is 0 Å². The molecule has 1 aliphatic carbocycles. The van der Waals surface area contributed by atoms with E-state index in [-0.39, 0.29) is 17.6 Å². The van der Waals surface area contributed by atoms with Crippen molar-refractivity contribution in [3.05, 3.63) is 30.1 Å². The highest BCUT2D eigenvalue weighted by Crippen LogP contribution is 2.33. The quantitative estimate of drug-likeness (QED) is 0.912. The summed E-state index contributed by atoms with van der Waals surface area (Å²) in [7, 11) is 1.63. The molecule has 2 unspecified atom stereocenters. The number of aliphatic carboxylic acids is 1. The molecule has 0 bridgehead atoms. The number of rotatable bonds is 3. The first-order valence-electron chi connectivity index (χ1n) is 6.25. The van der Waals surface area contributed by atoms with Gasteiger partial charge in [0.05, 0.1) is 5.92 Å². The number of anilines is 1. The highest BCUT2D eigenvalue weighted by molar-refractivity contribution is 5.95. The standard InChI is InChI=1S/C14H16FNO3/c1-16(12-6-4-11(15)5-7-12)13(17)9-2-3-10(8-9)14(18)19/h4-7,9-10H,2-3,8H2,1H3,(H,18,19). The van der Waals surface area contributed by atoms with Gasteiger partial charge in [-0.3, -0.25) is 9.59 Å². The molecule has 2 rings (SSSR count). The highest BCUT2D eigenvalue weighted by Gasteiger charge is 2.35. The molecule has 19 heavy (non-hydrogen) atoms. The highest BCUT2D eigenvalue weighted by atomic mass is 19.1. The van der Waals surface area contributed by atoms with Gasteiger partial charge in [-0.15, -0.1) is 0 Å². The summed E-state index contributed by atoms with van der Waals surface area (Å²) in [6.45, 7) is 0. The number of carboxylic acid groups (broad SMARTS) is 1. The van der Waals surface area contributed by atoms with Crippen molar-refractivity contribution >= 4 is 17.6 Å². The SMILES string of the molecule is CN(C(=O)C1CCC(C(=O)O)C1)c1ccc(F)cc1. The minimum Gasteiger partial charge on any atom is -0.481 e. The van der Waals surface area contributed by atoms with E-state index >= 15 is 0 Å². The molecular formula is C14H16FNO3. The topological polar surface area (TPSA) is 57.6 Å². The van der Waals surface area contributed by atoms with Gasteiger partial charge in [0.1, 0.15) is 5.82 Å². The van der Waals surface area contributed by atoms with Crippen molar-refractivity contribution < 1.29 is 19.1 Å². The van der Waals surface area contributed by atoms with Crippen molar-refractivity contribution in [1.29, 1.82) is 0 Å². The second kappa shape index (κ2) is 5.38. The zero-order chi connectivity index (χ0) is 14.0. The number of carbonyl (C=O) groups is 2. The van der Waals surface area contributed by atoms with Crippen molar-refractivity contribution in [3.63, 3.8) is 0 Å². The number of amides is 1. The molecule has 4 nitrogen and oxygen atoms in total.